The number of halogens is 1. The Labute approximate surface area is 143 Å². The number of rotatable bonds is 4. The van der Waals surface area contributed by atoms with E-state index in [2.05, 4.69) is 15.6 Å². The average Bonchev–Trinajstić information content (AvgIpc) is 3.11. The predicted octanol–water partition coefficient (Wildman–Crippen LogP) is 2.08. The summed E-state index contributed by atoms with van der Waals surface area (Å²) in [5.41, 5.74) is 1.60. The van der Waals surface area contributed by atoms with E-state index in [0.717, 1.165) is 17.1 Å². The fourth-order valence-electron chi connectivity index (χ4n) is 2.58. The minimum absolute atomic E-state index is 0.0552. The van der Waals surface area contributed by atoms with Crippen LogP contribution in [0.1, 0.15) is 15.4 Å². The molecule has 1 saturated heterocycles. The highest BCUT2D eigenvalue weighted by atomic mass is 35.5. The molecule has 0 saturated carbocycles. The molecule has 1 aromatic carbocycles. The third-order valence-corrected chi connectivity index (χ3v) is 5.34. The molecule has 122 valence electrons. The van der Waals surface area contributed by atoms with Gasteiger partial charge in [0, 0.05) is 36.1 Å². The number of carbonyl (C=O) groups excluding carboxylic acids is 1. The summed E-state index contributed by atoms with van der Waals surface area (Å²) in [6.45, 7) is 3.58. The number of benzene rings is 1. The fourth-order valence-corrected chi connectivity index (χ4v) is 3.75. The van der Waals surface area contributed by atoms with Gasteiger partial charge in [-0.05, 0) is 19.1 Å². The van der Waals surface area contributed by atoms with Crippen LogP contribution in [0, 0.1) is 12.8 Å². The van der Waals surface area contributed by atoms with Gasteiger partial charge in [0.05, 0.1) is 11.8 Å². The van der Waals surface area contributed by atoms with Crippen LogP contribution in [0.3, 0.4) is 0 Å². The van der Waals surface area contributed by atoms with Crippen molar-refractivity contribution in [3.05, 3.63) is 39.9 Å². The zero-order chi connectivity index (χ0) is 16.4. The van der Waals surface area contributed by atoms with Crippen LogP contribution in [0.15, 0.2) is 24.3 Å². The third-order valence-electron chi connectivity index (χ3n) is 3.90. The summed E-state index contributed by atoms with van der Waals surface area (Å²) in [6, 6.07) is 7.43. The summed E-state index contributed by atoms with van der Waals surface area (Å²) in [6.07, 6.45) is -0.403. The van der Waals surface area contributed by atoms with Crippen molar-refractivity contribution in [2.24, 2.45) is 5.92 Å². The van der Waals surface area contributed by atoms with Crippen molar-refractivity contribution < 1.29 is 9.90 Å². The summed E-state index contributed by atoms with van der Waals surface area (Å²) in [4.78, 5) is 17.4. The third kappa shape index (κ3) is 3.72. The second kappa shape index (κ2) is 6.97. The lowest BCUT2D eigenvalue weighted by Crippen LogP contribution is -2.34. The lowest BCUT2D eigenvalue weighted by atomic mass is 10.1. The molecular formula is C16H18ClN3O2S. The molecule has 1 amide bonds. The Morgan fingerprint density at radius 3 is 3.04 bits per heavy atom. The van der Waals surface area contributed by atoms with Crippen molar-refractivity contribution in [1.29, 1.82) is 0 Å². The molecule has 2 atom stereocenters. The van der Waals surface area contributed by atoms with Crippen molar-refractivity contribution in [2.75, 3.05) is 19.6 Å². The molecule has 3 N–H and O–H groups in total. The van der Waals surface area contributed by atoms with Crippen molar-refractivity contribution in [2.45, 2.75) is 13.0 Å². The first kappa shape index (κ1) is 16.4. The minimum Gasteiger partial charge on any atom is -0.391 e. The molecule has 7 heteroatoms. The average molecular weight is 352 g/mol. The van der Waals surface area contributed by atoms with Crippen molar-refractivity contribution in [1.82, 2.24) is 15.6 Å². The van der Waals surface area contributed by atoms with Crippen molar-refractivity contribution >= 4 is 28.8 Å². The van der Waals surface area contributed by atoms with Gasteiger partial charge in [0.25, 0.3) is 5.91 Å². The lowest BCUT2D eigenvalue weighted by Gasteiger charge is -2.13. The van der Waals surface area contributed by atoms with Gasteiger partial charge in [-0.3, -0.25) is 4.79 Å². The fraction of sp³-hybridized carbons (Fsp3) is 0.375. The Morgan fingerprint density at radius 2 is 2.35 bits per heavy atom. The van der Waals surface area contributed by atoms with Crippen LogP contribution in [-0.4, -0.2) is 41.7 Å². The predicted molar refractivity (Wildman–Crippen MR) is 92.0 cm³/mol. The molecule has 1 aliphatic heterocycles. The normalized spacial score (nSPS) is 20.7. The summed E-state index contributed by atoms with van der Waals surface area (Å²) >= 11 is 7.36. The second-order valence-electron chi connectivity index (χ2n) is 5.64. The van der Waals surface area contributed by atoms with Crippen LogP contribution in [0.2, 0.25) is 5.02 Å². The number of amides is 1. The Kier molecular flexibility index (Phi) is 4.96. The summed E-state index contributed by atoms with van der Waals surface area (Å²) < 4.78 is 0. The number of aromatic nitrogens is 1. The lowest BCUT2D eigenvalue weighted by molar-refractivity contribution is 0.0930. The van der Waals surface area contributed by atoms with Crippen molar-refractivity contribution in [3.8, 4) is 10.6 Å². The quantitative estimate of drug-likeness (QED) is 0.788. The maximum absolute atomic E-state index is 12.4. The molecule has 2 heterocycles. The van der Waals surface area contributed by atoms with E-state index in [-0.39, 0.29) is 11.8 Å². The Morgan fingerprint density at radius 1 is 1.52 bits per heavy atom. The first-order valence-electron chi connectivity index (χ1n) is 7.45. The van der Waals surface area contributed by atoms with E-state index in [0.29, 0.717) is 28.7 Å². The van der Waals surface area contributed by atoms with Crippen LogP contribution < -0.4 is 10.6 Å². The van der Waals surface area contributed by atoms with Gasteiger partial charge in [-0.15, -0.1) is 11.3 Å². The molecule has 0 spiro atoms. The first-order chi connectivity index (χ1) is 11.0. The van der Waals surface area contributed by atoms with E-state index < -0.39 is 6.10 Å². The summed E-state index contributed by atoms with van der Waals surface area (Å²) in [5.74, 6) is -0.0908. The molecule has 2 aromatic rings. The molecule has 2 unspecified atom stereocenters. The van der Waals surface area contributed by atoms with E-state index >= 15 is 0 Å². The van der Waals surface area contributed by atoms with Gasteiger partial charge in [-0.2, -0.15) is 0 Å². The van der Waals surface area contributed by atoms with Crippen LogP contribution in [0.5, 0.6) is 0 Å². The number of aryl methyl sites for hydroxylation is 1. The molecule has 0 bridgehead atoms. The number of nitrogens with zero attached hydrogens (tertiary/aromatic N) is 1. The number of β-amino-alcohol motifs (C(OH)–C–C–N with tert-alkyl or cyclic N) is 1. The zero-order valence-corrected chi connectivity index (χ0v) is 14.2. The van der Waals surface area contributed by atoms with E-state index in [4.69, 9.17) is 11.6 Å². The summed E-state index contributed by atoms with van der Waals surface area (Å²) in [5, 5.41) is 17.2. The number of nitrogens with one attached hydrogen (secondary N) is 2. The smallest absolute Gasteiger partial charge is 0.263 e. The monoisotopic (exact) mass is 351 g/mol. The van der Waals surface area contributed by atoms with Crippen molar-refractivity contribution in [3.63, 3.8) is 0 Å². The van der Waals surface area contributed by atoms with Gasteiger partial charge < -0.3 is 15.7 Å². The van der Waals surface area contributed by atoms with Gasteiger partial charge in [0.1, 0.15) is 9.88 Å². The number of hydrogen-bond donors (Lipinski definition) is 3. The van der Waals surface area contributed by atoms with E-state index in [9.17, 15) is 9.90 Å². The number of thiazole rings is 1. The molecule has 1 fully saturated rings. The molecular weight excluding hydrogens is 334 g/mol. The SMILES string of the molecule is Cc1nc(-c2cccc(Cl)c2)sc1C(=O)NCC1CNCC1O. The van der Waals surface area contributed by atoms with Gasteiger partial charge in [0.2, 0.25) is 0 Å². The molecule has 1 aromatic heterocycles. The Bertz CT molecular complexity index is 719. The minimum atomic E-state index is -0.403. The largest absolute Gasteiger partial charge is 0.391 e. The van der Waals surface area contributed by atoms with E-state index in [1.165, 1.54) is 11.3 Å². The number of aliphatic hydroxyl groups excluding tert-OH is 1. The molecule has 23 heavy (non-hydrogen) atoms. The van der Waals surface area contributed by atoms with Gasteiger partial charge in [0.15, 0.2) is 0 Å². The molecule has 3 rings (SSSR count). The highest BCUT2D eigenvalue weighted by molar-refractivity contribution is 7.17. The number of carbonyl (C=O) groups is 1. The molecule has 1 aliphatic rings. The van der Waals surface area contributed by atoms with Crippen LogP contribution in [-0.2, 0) is 0 Å². The topological polar surface area (TPSA) is 74.2 Å². The maximum Gasteiger partial charge on any atom is 0.263 e. The Hall–Kier alpha value is -1.47. The second-order valence-corrected chi connectivity index (χ2v) is 7.08. The van der Waals surface area contributed by atoms with Crippen LogP contribution in [0.4, 0.5) is 0 Å². The first-order valence-corrected chi connectivity index (χ1v) is 8.64. The Balaban J connectivity index is 1.71. The van der Waals surface area contributed by atoms with Crippen LogP contribution in [0.25, 0.3) is 10.6 Å². The summed E-state index contributed by atoms with van der Waals surface area (Å²) in [7, 11) is 0. The van der Waals surface area contributed by atoms with E-state index in [1.807, 2.05) is 25.1 Å². The number of hydrogen-bond acceptors (Lipinski definition) is 5. The molecule has 0 aliphatic carbocycles. The number of aliphatic hydroxyl groups is 1. The maximum atomic E-state index is 12.4. The highest BCUT2D eigenvalue weighted by Crippen LogP contribution is 2.29. The van der Waals surface area contributed by atoms with Gasteiger partial charge >= 0.3 is 0 Å². The van der Waals surface area contributed by atoms with E-state index in [1.54, 1.807) is 6.07 Å². The van der Waals surface area contributed by atoms with Gasteiger partial charge in [-0.25, -0.2) is 4.98 Å². The zero-order valence-electron chi connectivity index (χ0n) is 12.7. The standard InChI is InChI=1S/C16H18ClN3O2S/c1-9-14(15(22)19-7-11-6-18-8-13(11)21)23-16(20-9)10-3-2-4-12(17)5-10/h2-5,11,13,18,21H,6-8H2,1H3,(H,19,22). The molecule has 5 nitrogen and oxygen atoms in total. The van der Waals surface area contributed by atoms with Crippen LogP contribution >= 0.6 is 22.9 Å². The molecule has 0 radical (unpaired) electrons. The highest BCUT2D eigenvalue weighted by Gasteiger charge is 2.26. The van der Waals surface area contributed by atoms with Gasteiger partial charge in [-0.1, -0.05) is 23.7 Å².